The van der Waals surface area contributed by atoms with Gasteiger partial charge in [-0.3, -0.25) is 4.79 Å². The number of rotatable bonds is 6. The monoisotopic (exact) mass is 842 g/mol. The molecule has 0 radical (unpaired) electrons. The van der Waals surface area contributed by atoms with E-state index in [1.54, 1.807) is 13.2 Å². The number of ether oxygens (including phenoxy) is 12. The van der Waals surface area contributed by atoms with Crippen LogP contribution in [0.2, 0.25) is 0 Å². The number of hydrogen-bond donors (Lipinski definition) is 1. The van der Waals surface area contributed by atoms with Crippen LogP contribution in [-0.4, -0.2) is 147 Å². The van der Waals surface area contributed by atoms with Crippen LogP contribution >= 0.6 is 0 Å². The van der Waals surface area contributed by atoms with Gasteiger partial charge < -0.3 is 61.9 Å². The molecule has 334 valence electrons. The van der Waals surface area contributed by atoms with E-state index < -0.39 is 54.3 Å². The first-order valence-electron chi connectivity index (χ1n) is 22.9. The van der Waals surface area contributed by atoms with Gasteiger partial charge in [-0.05, 0) is 68.4 Å². The maximum Gasteiger partial charge on any atom is 0.308 e. The van der Waals surface area contributed by atoms with Crippen LogP contribution in [-0.2, 0) is 61.6 Å². The quantitative estimate of drug-likeness (QED) is 0.289. The lowest BCUT2D eigenvalue weighted by molar-refractivity contribution is -0.305. The van der Waals surface area contributed by atoms with E-state index in [1.165, 1.54) is 0 Å². The Kier molecular flexibility index (Phi) is 11.7. The fourth-order valence-corrected chi connectivity index (χ4v) is 12.5. The molecule has 11 heterocycles. The summed E-state index contributed by atoms with van der Waals surface area (Å²) in [6, 6.07) is 0. The minimum absolute atomic E-state index is 0.00385. The average molecular weight is 843 g/mol. The van der Waals surface area contributed by atoms with Crippen LogP contribution in [0, 0.1) is 11.8 Å². The fourth-order valence-electron chi connectivity index (χ4n) is 12.5. The summed E-state index contributed by atoms with van der Waals surface area (Å²) in [6.45, 7) is 17.4. The molecule has 11 aliphatic rings. The predicted molar refractivity (Wildman–Crippen MR) is 213 cm³/mol. The summed E-state index contributed by atoms with van der Waals surface area (Å²) in [4.78, 5) is 14.2. The number of aliphatic hydroxyl groups is 1. The highest BCUT2D eigenvalue weighted by atomic mass is 16.8. The number of esters is 1. The van der Waals surface area contributed by atoms with E-state index in [0.717, 1.165) is 36.8 Å². The van der Waals surface area contributed by atoms with E-state index in [2.05, 4.69) is 33.6 Å². The normalized spacial score (nSPS) is 52.5. The Bertz CT molecular complexity index is 1640. The summed E-state index contributed by atoms with van der Waals surface area (Å²) in [7, 11) is 1.67. The first-order chi connectivity index (χ1) is 29.0. The lowest BCUT2D eigenvalue weighted by atomic mass is 9.79. The highest BCUT2D eigenvalue weighted by Crippen LogP contribution is 2.59. The number of methoxy groups -OCH3 is 1. The zero-order chi connectivity index (χ0) is 41.5. The summed E-state index contributed by atoms with van der Waals surface area (Å²) in [5.41, 5.74) is 2.13. The molecule has 0 aromatic rings. The van der Waals surface area contributed by atoms with Crippen molar-refractivity contribution in [1.29, 1.82) is 0 Å². The van der Waals surface area contributed by atoms with E-state index >= 15 is 0 Å². The van der Waals surface area contributed by atoms with Crippen LogP contribution < -0.4 is 0 Å². The number of hydrogen-bond acceptors (Lipinski definition) is 14. The molecule has 60 heavy (non-hydrogen) atoms. The van der Waals surface area contributed by atoms with Gasteiger partial charge in [-0.2, -0.15) is 0 Å². The maximum absolute atomic E-state index is 14.2. The van der Waals surface area contributed by atoms with Crippen LogP contribution in [0.4, 0.5) is 0 Å². The lowest BCUT2D eigenvalue weighted by Gasteiger charge is -2.51. The van der Waals surface area contributed by atoms with Crippen molar-refractivity contribution in [2.45, 2.75) is 213 Å². The maximum atomic E-state index is 14.2. The molecule has 4 unspecified atom stereocenters. The van der Waals surface area contributed by atoms with Crippen molar-refractivity contribution in [3.63, 3.8) is 0 Å². The van der Waals surface area contributed by atoms with Gasteiger partial charge in [-0.25, -0.2) is 0 Å². The molecule has 11 rings (SSSR count). The minimum atomic E-state index is -1.04. The molecule has 11 saturated heterocycles. The van der Waals surface area contributed by atoms with Crippen LogP contribution in [0.5, 0.6) is 0 Å². The van der Waals surface area contributed by atoms with Gasteiger partial charge in [0.15, 0.2) is 5.79 Å². The molecule has 0 amide bonds. The second-order valence-electron chi connectivity index (χ2n) is 19.5. The van der Waals surface area contributed by atoms with Crippen molar-refractivity contribution in [2.75, 3.05) is 20.3 Å². The highest BCUT2D eigenvalue weighted by molar-refractivity contribution is 5.70. The molecule has 11 aliphatic heterocycles. The van der Waals surface area contributed by atoms with Gasteiger partial charge >= 0.3 is 5.97 Å². The van der Waals surface area contributed by atoms with Crippen molar-refractivity contribution >= 4 is 5.97 Å². The predicted octanol–water partition coefficient (Wildman–Crippen LogP) is 4.77. The zero-order valence-corrected chi connectivity index (χ0v) is 35.5. The number of carbonyl (C=O) groups excluding carboxylic acids is 1. The molecule has 0 saturated carbocycles. The van der Waals surface area contributed by atoms with Crippen LogP contribution in [0.3, 0.4) is 0 Å². The average Bonchev–Trinajstić information content (AvgIpc) is 3.78. The first kappa shape index (κ1) is 42.2. The summed E-state index contributed by atoms with van der Waals surface area (Å²) in [5, 5.41) is 9.86. The molecule has 0 aromatic carbocycles. The Labute approximate surface area is 353 Å². The van der Waals surface area contributed by atoms with Crippen LogP contribution in [0.25, 0.3) is 0 Å². The van der Waals surface area contributed by atoms with E-state index in [4.69, 9.17) is 56.8 Å². The number of carbonyl (C=O) groups is 1. The van der Waals surface area contributed by atoms with Crippen molar-refractivity contribution in [1.82, 2.24) is 0 Å². The van der Waals surface area contributed by atoms with Crippen molar-refractivity contribution in [3.8, 4) is 0 Å². The standard InChI is InChI=1S/C46H66O14/c1-7-16-50-46-22-45-14-12-29-18-24(3)30(51-29)10-8-27-17-23(2)25(4)33(52-27)20-35-39(26(5)38-36(54-35)21-34(49-6)31(55-38)13-15-47)57-37(48)19-28-9-11-32-40(53-28)41(58-45)42(59-46)43(56-32)44(46)60-45/h7,23,26-36,38-44,47H,1,3-4,8-22H2,2,5-6H3/t23-,26+,27+,28-,29+,30?,31-,32+,33?,34-,35+,36+,38+,39-,40+,41+,42+,43?,44+,45-,46?/m1/s1. The molecule has 0 aliphatic carbocycles. The van der Waals surface area contributed by atoms with Gasteiger partial charge in [0.2, 0.25) is 5.79 Å². The summed E-state index contributed by atoms with van der Waals surface area (Å²) < 4.78 is 80.5. The van der Waals surface area contributed by atoms with Gasteiger partial charge in [0, 0.05) is 38.9 Å². The second kappa shape index (κ2) is 16.6. The minimum Gasteiger partial charge on any atom is -0.459 e. The Morgan fingerprint density at radius 1 is 0.767 bits per heavy atom. The van der Waals surface area contributed by atoms with Gasteiger partial charge in [0.1, 0.15) is 36.6 Å². The number of aliphatic hydroxyl groups excluding tert-OH is 1. The first-order valence-corrected chi connectivity index (χ1v) is 22.9. The van der Waals surface area contributed by atoms with Gasteiger partial charge in [0.25, 0.3) is 0 Å². The second-order valence-corrected chi connectivity index (χ2v) is 19.5. The third-order valence-corrected chi connectivity index (χ3v) is 15.6. The fraction of sp³-hybridized carbons (Fsp3) is 0.848. The van der Waals surface area contributed by atoms with E-state index in [-0.39, 0.29) is 91.9 Å². The van der Waals surface area contributed by atoms with E-state index in [0.29, 0.717) is 58.0 Å². The molecule has 14 heteroatoms. The Balaban J connectivity index is 0.945. The molecule has 1 spiro atoms. The van der Waals surface area contributed by atoms with Gasteiger partial charge in [0.05, 0.1) is 86.6 Å². The zero-order valence-electron chi connectivity index (χ0n) is 35.5. The van der Waals surface area contributed by atoms with Crippen molar-refractivity contribution in [3.05, 3.63) is 37.0 Å². The van der Waals surface area contributed by atoms with E-state index in [9.17, 15) is 9.90 Å². The molecule has 1 N–H and O–H groups in total. The van der Waals surface area contributed by atoms with E-state index in [1.807, 2.05) is 0 Å². The largest absolute Gasteiger partial charge is 0.459 e. The Morgan fingerprint density at radius 2 is 1.55 bits per heavy atom. The van der Waals surface area contributed by atoms with Crippen molar-refractivity contribution < 1.29 is 66.7 Å². The molecule has 11 fully saturated rings. The molecule has 14 nitrogen and oxygen atoms in total. The molecule has 21 atom stereocenters. The van der Waals surface area contributed by atoms with Crippen LogP contribution in [0.15, 0.2) is 37.0 Å². The highest BCUT2D eigenvalue weighted by Gasteiger charge is 2.75. The summed E-state index contributed by atoms with van der Waals surface area (Å²) in [5.74, 6) is -2.37. The van der Waals surface area contributed by atoms with Gasteiger partial charge in [-0.1, -0.05) is 33.1 Å². The topological polar surface area (TPSA) is 148 Å². The SMILES string of the molecule is C=CCOC12C[C@]34CC[C@H]5CC(=C)C(CC[C@H]6C[C@@H](C)C(=C)C(C[C@@H]7O[C@H]8C[C@@H](OC)[C@@H](CCO)O[C@H]8[C@H](C)[C@H]7OC(=O)C[C@H]7CC[C@@H]8OC([C@@H](O1)[C@@H](O3)[C@H]8O7)[C@@H]2O4)O6)O5. The molecular weight excluding hydrogens is 776 g/mol. The molecular formula is C46H66O14. The summed E-state index contributed by atoms with van der Waals surface area (Å²) >= 11 is 0. The molecule has 12 bridgehead atoms. The smallest absolute Gasteiger partial charge is 0.308 e. The third-order valence-electron chi connectivity index (χ3n) is 15.6. The Hall–Kier alpha value is -1.79. The van der Waals surface area contributed by atoms with Crippen LogP contribution in [0.1, 0.15) is 97.3 Å². The lowest BCUT2D eigenvalue weighted by Crippen LogP contribution is -2.62. The van der Waals surface area contributed by atoms with Gasteiger partial charge in [-0.15, -0.1) is 6.58 Å². The summed E-state index contributed by atoms with van der Waals surface area (Å²) in [6.07, 6.45) is 3.91. The third kappa shape index (κ3) is 7.49. The van der Waals surface area contributed by atoms with Crippen molar-refractivity contribution in [2.24, 2.45) is 11.8 Å². The number of fused-ring (bicyclic) bond motifs is 7. The Morgan fingerprint density at radius 3 is 2.37 bits per heavy atom. The molecule has 0 aromatic heterocycles.